The molecule has 0 fully saturated rings. The number of nitrogens with zero attached hydrogens (tertiary/aromatic N) is 1. The molecule has 0 saturated carbocycles. The average molecular weight is 406 g/mol. The number of nitrogens with one attached hydrogen (secondary N) is 1. The molecule has 0 radical (unpaired) electrons. The van der Waals surface area contributed by atoms with Crippen molar-refractivity contribution in [3.05, 3.63) is 65.7 Å². The molecule has 6 heteroatoms. The number of carbonyl (C=O) groups excluding carboxylic acids is 1. The molecule has 1 N–H and O–H groups in total. The lowest BCUT2D eigenvalue weighted by Gasteiger charge is -2.16. The maximum atomic E-state index is 12.7. The minimum Gasteiger partial charge on any atom is -0.490 e. The van der Waals surface area contributed by atoms with Crippen LogP contribution in [0.15, 0.2) is 59.7 Å². The van der Waals surface area contributed by atoms with Gasteiger partial charge in [-0.25, -0.2) is 5.43 Å². The second kappa shape index (κ2) is 10.3. The molecule has 1 amide bonds. The first-order valence-electron chi connectivity index (χ1n) is 10.0. The molecule has 3 rings (SSSR count). The maximum absolute atomic E-state index is 12.7. The summed E-state index contributed by atoms with van der Waals surface area (Å²) in [7, 11) is 0. The Morgan fingerprint density at radius 1 is 0.867 bits per heavy atom. The molecule has 0 spiro atoms. The molecule has 3 aromatic carbocycles. The summed E-state index contributed by atoms with van der Waals surface area (Å²) in [6.07, 6.45) is 1.62. The topological polar surface area (TPSA) is 69.2 Å². The number of ether oxygens (including phenoxy) is 3. The van der Waals surface area contributed by atoms with Crippen LogP contribution in [0.4, 0.5) is 0 Å². The minimum absolute atomic E-state index is 0.364. The van der Waals surface area contributed by atoms with E-state index in [9.17, 15) is 4.79 Å². The molecule has 0 aliphatic carbocycles. The van der Waals surface area contributed by atoms with Crippen LogP contribution in [0.3, 0.4) is 0 Å². The fourth-order valence-corrected chi connectivity index (χ4v) is 3.04. The largest absolute Gasteiger partial charge is 0.490 e. The van der Waals surface area contributed by atoms with E-state index in [1.165, 1.54) is 0 Å². The van der Waals surface area contributed by atoms with Gasteiger partial charge in [-0.05, 0) is 55.3 Å². The minimum atomic E-state index is -0.364. The van der Waals surface area contributed by atoms with Crippen molar-refractivity contribution in [2.75, 3.05) is 19.8 Å². The van der Waals surface area contributed by atoms with Gasteiger partial charge in [0.1, 0.15) is 0 Å². The van der Waals surface area contributed by atoms with Crippen LogP contribution in [0.2, 0.25) is 0 Å². The Hall–Kier alpha value is -3.54. The molecule has 0 unspecified atom stereocenters. The van der Waals surface area contributed by atoms with Gasteiger partial charge in [0.15, 0.2) is 11.5 Å². The number of rotatable bonds is 9. The molecule has 0 aliphatic rings. The van der Waals surface area contributed by atoms with E-state index in [0.29, 0.717) is 42.6 Å². The van der Waals surface area contributed by atoms with Crippen LogP contribution in [0.1, 0.15) is 36.7 Å². The Kier molecular flexibility index (Phi) is 7.27. The zero-order chi connectivity index (χ0) is 21.3. The second-order valence-corrected chi connectivity index (χ2v) is 6.41. The van der Waals surface area contributed by atoms with Gasteiger partial charge in [-0.1, -0.05) is 36.4 Å². The zero-order valence-electron chi connectivity index (χ0n) is 17.5. The summed E-state index contributed by atoms with van der Waals surface area (Å²) in [5, 5.41) is 6.36. The molecule has 3 aromatic rings. The van der Waals surface area contributed by atoms with E-state index in [0.717, 1.165) is 16.3 Å². The van der Waals surface area contributed by atoms with Crippen LogP contribution in [-0.2, 0) is 0 Å². The fraction of sp³-hybridized carbons (Fsp3) is 0.250. The molecule has 0 aliphatic heterocycles. The van der Waals surface area contributed by atoms with Gasteiger partial charge in [-0.2, -0.15) is 5.10 Å². The fourth-order valence-electron chi connectivity index (χ4n) is 3.04. The summed E-state index contributed by atoms with van der Waals surface area (Å²) in [6, 6.07) is 17.3. The molecule has 6 nitrogen and oxygen atoms in total. The smallest absolute Gasteiger partial charge is 0.271 e. The molecular weight excluding hydrogens is 380 g/mol. The Labute approximate surface area is 176 Å². The first kappa shape index (κ1) is 21.2. The van der Waals surface area contributed by atoms with Gasteiger partial charge >= 0.3 is 0 Å². The number of hydrogen-bond donors (Lipinski definition) is 1. The van der Waals surface area contributed by atoms with Crippen LogP contribution < -0.4 is 19.6 Å². The van der Waals surface area contributed by atoms with Crippen LogP contribution in [-0.4, -0.2) is 31.9 Å². The zero-order valence-corrected chi connectivity index (χ0v) is 17.5. The predicted molar refractivity (Wildman–Crippen MR) is 119 cm³/mol. The lowest BCUT2D eigenvalue weighted by molar-refractivity contribution is 0.0954. The number of fused-ring (bicyclic) bond motifs is 1. The SMILES string of the molecule is CCOc1cc(C(=O)N/N=C\c2ccc3ccccc3c2)cc(OCC)c1OCC. The lowest BCUT2D eigenvalue weighted by Crippen LogP contribution is -2.18. The van der Waals surface area contributed by atoms with Crippen LogP contribution in [0.5, 0.6) is 17.2 Å². The highest BCUT2D eigenvalue weighted by molar-refractivity contribution is 5.96. The summed E-state index contributed by atoms with van der Waals surface area (Å²) in [4.78, 5) is 12.7. The van der Waals surface area contributed by atoms with Crippen molar-refractivity contribution >= 4 is 22.9 Å². The van der Waals surface area contributed by atoms with Crippen molar-refractivity contribution in [1.29, 1.82) is 0 Å². The molecular formula is C24H26N2O4. The second-order valence-electron chi connectivity index (χ2n) is 6.41. The van der Waals surface area contributed by atoms with Crippen molar-refractivity contribution in [3.63, 3.8) is 0 Å². The highest BCUT2D eigenvalue weighted by Gasteiger charge is 2.18. The van der Waals surface area contributed by atoms with Gasteiger partial charge in [-0.3, -0.25) is 4.79 Å². The number of hydrogen-bond acceptors (Lipinski definition) is 5. The van der Waals surface area contributed by atoms with E-state index < -0.39 is 0 Å². The van der Waals surface area contributed by atoms with Gasteiger partial charge in [-0.15, -0.1) is 0 Å². The molecule has 0 atom stereocenters. The normalized spacial score (nSPS) is 10.9. The number of hydrazone groups is 1. The lowest BCUT2D eigenvalue weighted by atomic mass is 10.1. The third-order valence-corrected chi connectivity index (χ3v) is 4.32. The summed E-state index contributed by atoms with van der Waals surface area (Å²) >= 11 is 0. The van der Waals surface area contributed by atoms with E-state index in [4.69, 9.17) is 14.2 Å². The number of carbonyl (C=O) groups is 1. The van der Waals surface area contributed by atoms with Crippen molar-refractivity contribution in [3.8, 4) is 17.2 Å². The van der Waals surface area contributed by atoms with Crippen LogP contribution in [0, 0.1) is 0 Å². The van der Waals surface area contributed by atoms with Gasteiger partial charge in [0.05, 0.1) is 26.0 Å². The highest BCUT2D eigenvalue weighted by atomic mass is 16.5. The van der Waals surface area contributed by atoms with E-state index in [-0.39, 0.29) is 5.91 Å². The quantitative estimate of drug-likeness (QED) is 0.409. The average Bonchev–Trinajstić information content (AvgIpc) is 2.76. The summed E-state index contributed by atoms with van der Waals surface area (Å²) in [5.41, 5.74) is 3.83. The van der Waals surface area contributed by atoms with E-state index in [2.05, 4.69) is 16.6 Å². The van der Waals surface area contributed by atoms with Crippen LogP contribution in [0.25, 0.3) is 10.8 Å². The number of amides is 1. The molecule has 0 bridgehead atoms. The molecule has 0 saturated heterocycles. The molecule has 30 heavy (non-hydrogen) atoms. The third kappa shape index (κ3) is 5.08. The van der Waals surface area contributed by atoms with Crippen molar-refractivity contribution in [2.24, 2.45) is 5.10 Å². The summed E-state index contributed by atoms with van der Waals surface area (Å²) in [6.45, 7) is 6.97. The van der Waals surface area contributed by atoms with Crippen molar-refractivity contribution < 1.29 is 19.0 Å². The first-order chi connectivity index (χ1) is 14.7. The Morgan fingerprint density at radius 2 is 1.50 bits per heavy atom. The van der Waals surface area contributed by atoms with Crippen molar-refractivity contribution in [2.45, 2.75) is 20.8 Å². The summed E-state index contributed by atoms with van der Waals surface area (Å²) in [5.74, 6) is 1.07. The summed E-state index contributed by atoms with van der Waals surface area (Å²) < 4.78 is 17.0. The maximum Gasteiger partial charge on any atom is 0.271 e. The first-order valence-corrected chi connectivity index (χ1v) is 10.0. The van der Waals surface area contributed by atoms with E-state index in [1.807, 2.05) is 57.2 Å². The van der Waals surface area contributed by atoms with Crippen LogP contribution >= 0.6 is 0 Å². The predicted octanol–water partition coefficient (Wildman–Crippen LogP) is 4.80. The Balaban J connectivity index is 1.79. The Bertz CT molecular complexity index is 1020. The standard InChI is InChI=1S/C24H26N2O4/c1-4-28-21-14-20(15-22(29-5-2)23(21)30-6-3)24(27)26-25-16-17-11-12-18-9-7-8-10-19(18)13-17/h7-16H,4-6H2,1-3H3,(H,26,27)/b25-16-. The third-order valence-electron chi connectivity index (χ3n) is 4.32. The Morgan fingerprint density at radius 3 is 2.13 bits per heavy atom. The van der Waals surface area contributed by atoms with Gasteiger partial charge in [0.2, 0.25) is 5.75 Å². The molecule has 156 valence electrons. The van der Waals surface area contributed by atoms with E-state index in [1.54, 1.807) is 18.3 Å². The van der Waals surface area contributed by atoms with Crippen molar-refractivity contribution in [1.82, 2.24) is 5.43 Å². The van der Waals surface area contributed by atoms with Gasteiger partial charge in [0.25, 0.3) is 5.91 Å². The van der Waals surface area contributed by atoms with E-state index >= 15 is 0 Å². The highest BCUT2D eigenvalue weighted by Crippen LogP contribution is 2.39. The van der Waals surface area contributed by atoms with Gasteiger partial charge < -0.3 is 14.2 Å². The number of benzene rings is 3. The molecule has 0 aromatic heterocycles. The van der Waals surface area contributed by atoms with Gasteiger partial charge in [0, 0.05) is 5.56 Å². The molecule has 0 heterocycles. The monoisotopic (exact) mass is 406 g/mol.